The van der Waals surface area contributed by atoms with Gasteiger partial charge in [-0.2, -0.15) is 0 Å². The molecule has 0 saturated carbocycles. The van der Waals surface area contributed by atoms with Crippen molar-refractivity contribution in [2.24, 2.45) is 18.9 Å². The Balaban J connectivity index is 0.972. The van der Waals surface area contributed by atoms with E-state index < -0.39 is 24.3 Å². The molecule has 5 aromatic rings. The van der Waals surface area contributed by atoms with E-state index in [-0.39, 0.29) is 35.7 Å². The maximum absolute atomic E-state index is 13.9. The molecule has 0 aliphatic carbocycles. The number of ether oxygens (including phenoxy) is 2. The minimum Gasteiger partial charge on any atom is -0.453 e. The number of alkyl carbamates (subject to hydrolysis) is 2. The summed E-state index contributed by atoms with van der Waals surface area (Å²) in [6, 6.07) is 20.8. The topological polar surface area (TPSA) is 164 Å². The predicted molar refractivity (Wildman–Crippen MR) is 222 cm³/mol. The Kier molecular flexibility index (Phi) is 10.7. The number of carbonyl (C=O) groups excluding carboxylic acids is 4. The molecule has 2 aromatic heterocycles. The third kappa shape index (κ3) is 7.43. The highest BCUT2D eigenvalue weighted by Gasteiger charge is 2.43. The van der Waals surface area contributed by atoms with Crippen LogP contribution in [0.1, 0.15) is 68.5 Å². The Hall–Kier alpha value is -6.44. The minimum absolute atomic E-state index is 0.117. The van der Waals surface area contributed by atoms with Crippen molar-refractivity contribution in [2.45, 2.75) is 70.6 Å². The van der Waals surface area contributed by atoms with Crippen molar-refractivity contribution in [2.75, 3.05) is 25.7 Å². The van der Waals surface area contributed by atoms with Gasteiger partial charge in [0.05, 0.1) is 55.8 Å². The summed E-state index contributed by atoms with van der Waals surface area (Å²) in [6.45, 7) is 6.54. The third-order valence-electron chi connectivity index (χ3n) is 12.0. The van der Waals surface area contributed by atoms with Crippen molar-refractivity contribution < 1.29 is 28.7 Å². The molecule has 5 atom stereocenters. The summed E-state index contributed by atoms with van der Waals surface area (Å²) in [5.41, 5.74) is 8.95. The van der Waals surface area contributed by atoms with Gasteiger partial charge >= 0.3 is 12.2 Å². The van der Waals surface area contributed by atoms with Crippen LogP contribution in [0.2, 0.25) is 0 Å². The van der Waals surface area contributed by atoms with Gasteiger partial charge in [0.15, 0.2) is 0 Å². The number of hydrogen-bond donors (Lipinski definition) is 3. The fourth-order valence-corrected chi connectivity index (χ4v) is 8.93. The SMILES string of the molecule is COC(=O)NC1CCc2cccc3c2N(C1=O)C(c1ncc(-c2ccc(-c4ccc(-c5cnc(C6CC(C)CN6C(=O)C(NC(=O)OC)C(C)C)n5C)cc4)cc2)[nH]1)C3. The van der Waals surface area contributed by atoms with E-state index in [0.717, 1.165) is 62.7 Å². The molecule has 3 aromatic carbocycles. The van der Waals surface area contributed by atoms with Crippen molar-refractivity contribution in [1.82, 2.24) is 35.1 Å². The third-order valence-corrected chi connectivity index (χ3v) is 12.0. The van der Waals surface area contributed by atoms with Gasteiger partial charge < -0.3 is 34.6 Å². The minimum atomic E-state index is -0.702. The molecule has 4 amide bonds. The number of rotatable bonds is 9. The lowest BCUT2D eigenvalue weighted by Gasteiger charge is -2.30. The zero-order chi connectivity index (χ0) is 41.5. The Bertz CT molecular complexity index is 2390. The van der Waals surface area contributed by atoms with Gasteiger partial charge in [-0.3, -0.25) is 14.5 Å². The van der Waals surface area contributed by atoms with Crippen LogP contribution in [0.5, 0.6) is 0 Å². The van der Waals surface area contributed by atoms with E-state index in [9.17, 15) is 19.2 Å². The number of para-hydroxylation sites is 1. The summed E-state index contributed by atoms with van der Waals surface area (Å²) in [4.78, 5) is 68.7. The number of methoxy groups -OCH3 is 2. The number of anilines is 1. The van der Waals surface area contributed by atoms with Crippen molar-refractivity contribution in [3.63, 3.8) is 0 Å². The molecule has 0 radical (unpaired) electrons. The first-order valence-corrected chi connectivity index (χ1v) is 20.2. The maximum atomic E-state index is 13.9. The van der Waals surface area contributed by atoms with Crippen LogP contribution in [0.25, 0.3) is 33.6 Å². The van der Waals surface area contributed by atoms with Crippen LogP contribution in [0.4, 0.5) is 15.3 Å². The van der Waals surface area contributed by atoms with Gasteiger partial charge in [0, 0.05) is 20.0 Å². The zero-order valence-electron chi connectivity index (χ0n) is 34.2. The number of nitrogens with zero attached hydrogens (tertiary/aromatic N) is 5. The molecule has 306 valence electrons. The summed E-state index contributed by atoms with van der Waals surface area (Å²) in [5, 5.41) is 5.46. The van der Waals surface area contributed by atoms with E-state index >= 15 is 0 Å². The molecule has 1 fully saturated rings. The highest BCUT2D eigenvalue weighted by atomic mass is 16.5. The number of amides is 4. The van der Waals surface area contributed by atoms with Crippen LogP contribution in [0, 0.1) is 11.8 Å². The lowest BCUT2D eigenvalue weighted by Crippen LogP contribution is -2.51. The van der Waals surface area contributed by atoms with Crippen LogP contribution in [0.15, 0.2) is 79.1 Å². The number of aromatic nitrogens is 4. The van der Waals surface area contributed by atoms with E-state index in [1.807, 2.05) is 44.1 Å². The van der Waals surface area contributed by atoms with Crippen molar-refractivity contribution in [1.29, 1.82) is 0 Å². The molecule has 5 heterocycles. The Labute approximate surface area is 343 Å². The fraction of sp³-hybridized carbons (Fsp3) is 0.378. The summed E-state index contributed by atoms with van der Waals surface area (Å²) in [6.07, 6.45) is 4.96. The molecule has 8 rings (SSSR count). The number of H-pyrrole nitrogens is 1. The fourth-order valence-electron chi connectivity index (χ4n) is 8.93. The molecule has 59 heavy (non-hydrogen) atoms. The van der Waals surface area contributed by atoms with Crippen molar-refractivity contribution in [3.8, 4) is 33.6 Å². The van der Waals surface area contributed by atoms with Crippen molar-refractivity contribution >= 4 is 29.7 Å². The predicted octanol–water partition coefficient (Wildman–Crippen LogP) is 6.74. The second-order valence-corrected chi connectivity index (χ2v) is 16.2. The number of likely N-dealkylation sites (tertiary alicyclic amines) is 1. The number of benzene rings is 3. The first-order chi connectivity index (χ1) is 28.4. The highest BCUT2D eigenvalue weighted by Crippen LogP contribution is 2.45. The molecule has 14 nitrogen and oxygen atoms in total. The molecule has 3 aliphatic rings. The van der Waals surface area contributed by atoms with Gasteiger partial charge in [0.25, 0.3) is 0 Å². The van der Waals surface area contributed by atoms with Crippen LogP contribution < -0.4 is 15.5 Å². The number of hydrogen-bond acceptors (Lipinski definition) is 8. The van der Waals surface area contributed by atoms with Gasteiger partial charge in [-0.15, -0.1) is 0 Å². The molecular formula is C45H50N8O6. The number of nitrogens with one attached hydrogen (secondary N) is 3. The van der Waals surface area contributed by atoms with Crippen LogP contribution in [-0.2, 0) is 39.0 Å². The molecule has 14 heteroatoms. The number of aryl methyl sites for hydroxylation is 1. The smallest absolute Gasteiger partial charge is 0.407 e. The summed E-state index contributed by atoms with van der Waals surface area (Å²) < 4.78 is 11.7. The highest BCUT2D eigenvalue weighted by molar-refractivity contribution is 6.02. The van der Waals surface area contributed by atoms with Gasteiger partial charge in [-0.25, -0.2) is 19.6 Å². The Morgan fingerprint density at radius 3 is 2.19 bits per heavy atom. The summed E-state index contributed by atoms with van der Waals surface area (Å²) in [7, 11) is 4.57. The quantitative estimate of drug-likeness (QED) is 0.148. The molecule has 5 unspecified atom stereocenters. The number of imidazole rings is 2. The number of aromatic amines is 1. The van der Waals surface area contributed by atoms with Gasteiger partial charge in [-0.1, -0.05) is 87.5 Å². The maximum Gasteiger partial charge on any atom is 0.407 e. The Morgan fingerprint density at radius 2 is 1.51 bits per heavy atom. The first kappa shape index (κ1) is 39.4. The first-order valence-electron chi connectivity index (χ1n) is 20.2. The normalized spacial score (nSPS) is 20.3. The van der Waals surface area contributed by atoms with E-state index in [1.165, 1.54) is 14.2 Å². The standard InChI is InChI=1S/C45H50N8O6/c1-25(2)38(50-45(57)59-6)43(55)52-24-26(3)20-36(52)41-47-23-37(51(41)4)30-16-12-28(13-17-30)27-10-14-29(15-11-27)34-22-46-40(48-34)35-21-32-9-7-8-31-18-19-33(49-44(56)58-5)42(54)53(35)39(31)32/h7-17,22-23,25-26,33,35-36,38H,18-21,24H2,1-6H3,(H,46,48)(H,49,56)(H,50,57). The molecule has 3 aliphatic heterocycles. The summed E-state index contributed by atoms with van der Waals surface area (Å²) in [5.74, 6) is 1.35. The van der Waals surface area contributed by atoms with E-state index in [4.69, 9.17) is 19.4 Å². The van der Waals surface area contributed by atoms with Crippen molar-refractivity contribution in [3.05, 3.63) is 102 Å². The average molecular weight is 799 g/mol. The molecule has 0 bridgehead atoms. The molecule has 0 spiro atoms. The van der Waals surface area contributed by atoms with E-state index in [2.05, 4.69) is 81.7 Å². The molecule has 1 saturated heterocycles. The van der Waals surface area contributed by atoms with E-state index in [1.54, 1.807) is 11.1 Å². The van der Waals surface area contributed by atoms with Gasteiger partial charge in [-0.05, 0) is 64.5 Å². The second kappa shape index (κ2) is 16.1. The largest absolute Gasteiger partial charge is 0.453 e. The molecule has 3 N–H and O–H groups in total. The zero-order valence-corrected chi connectivity index (χ0v) is 34.2. The van der Waals surface area contributed by atoms with Crippen LogP contribution >= 0.6 is 0 Å². The lowest BCUT2D eigenvalue weighted by atomic mass is 10.0. The van der Waals surface area contributed by atoms with Gasteiger partial charge in [0.1, 0.15) is 23.7 Å². The average Bonchev–Trinajstić information content (AvgIpc) is 4.04. The van der Waals surface area contributed by atoms with Crippen LogP contribution in [0.3, 0.4) is 0 Å². The lowest BCUT2D eigenvalue weighted by molar-refractivity contribution is -0.135. The van der Waals surface area contributed by atoms with E-state index in [0.29, 0.717) is 31.6 Å². The van der Waals surface area contributed by atoms with Crippen LogP contribution in [-0.4, -0.2) is 81.3 Å². The second-order valence-electron chi connectivity index (χ2n) is 16.2. The number of carbonyl (C=O) groups is 4. The summed E-state index contributed by atoms with van der Waals surface area (Å²) >= 11 is 0. The molecular weight excluding hydrogens is 749 g/mol. The Morgan fingerprint density at radius 1 is 0.847 bits per heavy atom. The monoisotopic (exact) mass is 798 g/mol. The van der Waals surface area contributed by atoms with Gasteiger partial charge in [0.2, 0.25) is 11.8 Å².